The lowest BCUT2D eigenvalue weighted by Gasteiger charge is -2.29. The molecule has 1 amide bonds. The van der Waals surface area contributed by atoms with Crippen LogP contribution in [0.4, 0.5) is 0 Å². The van der Waals surface area contributed by atoms with E-state index in [0.717, 1.165) is 56.2 Å². The van der Waals surface area contributed by atoms with Crippen LogP contribution < -0.4 is 5.32 Å². The molecule has 0 radical (unpaired) electrons. The molecule has 1 fully saturated rings. The Morgan fingerprint density at radius 2 is 2.04 bits per heavy atom. The first kappa shape index (κ1) is 15.9. The SMILES string of the molecule is CN1CCc2c(n(CC(=O)N3CCNCC3)c3ccc(Cl)cc23)C1. The highest BCUT2D eigenvalue weighted by Gasteiger charge is 2.25. The van der Waals surface area contributed by atoms with Crippen molar-refractivity contribution in [2.75, 3.05) is 39.8 Å². The van der Waals surface area contributed by atoms with Crippen LogP contribution in [0.5, 0.6) is 0 Å². The Kier molecular flexibility index (Phi) is 4.24. The molecule has 0 unspecified atom stereocenters. The van der Waals surface area contributed by atoms with E-state index in [-0.39, 0.29) is 5.91 Å². The average Bonchev–Trinajstić information content (AvgIpc) is 2.88. The first-order valence-electron chi connectivity index (χ1n) is 8.60. The predicted octanol–water partition coefficient (Wildman–Crippen LogP) is 1.71. The third-order valence-electron chi connectivity index (χ3n) is 5.17. The summed E-state index contributed by atoms with van der Waals surface area (Å²) in [6.07, 6.45) is 1.01. The van der Waals surface area contributed by atoms with Crippen LogP contribution >= 0.6 is 11.6 Å². The number of fused-ring (bicyclic) bond motifs is 3. The molecule has 1 saturated heterocycles. The number of likely N-dealkylation sites (N-methyl/N-ethyl adjacent to an activating group) is 1. The molecule has 24 heavy (non-hydrogen) atoms. The van der Waals surface area contributed by atoms with Crippen LogP contribution in [0.25, 0.3) is 10.9 Å². The first-order chi connectivity index (χ1) is 11.6. The summed E-state index contributed by atoms with van der Waals surface area (Å²) < 4.78 is 2.21. The van der Waals surface area contributed by atoms with Crippen LogP contribution in [-0.4, -0.2) is 60.0 Å². The fraction of sp³-hybridized carbons (Fsp3) is 0.500. The summed E-state index contributed by atoms with van der Waals surface area (Å²) >= 11 is 6.22. The minimum atomic E-state index is 0.208. The number of benzene rings is 1. The number of piperazine rings is 1. The summed E-state index contributed by atoms with van der Waals surface area (Å²) in [6, 6.07) is 6.03. The summed E-state index contributed by atoms with van der Waals surface area (Å²) in [5.41, 5.74) is 3.76. The molecule has 0 spiro atoms. The second kappa shape index (κ2) is 6.39. The average molecular weight is 347 g/mol. The maximum absolute atomic E-state index is 12.8. The van der Waals surface area contributed by atoms with Crippen molar-refractivity contribution in [2.45, 2.75) is 19.5 Å². The van der Waals surface area contributed by atoms with E-state index in [9.17, 15) is 4.79 Å². The van der Waals surface area contributed by atoms with Gasteiger partial charge in [-0.05, 0) is 37.2 Å². The van der Waals surface area contributed by atoms with Gasteiger partial charge >= 0.3 is 0 Å². The monoisotopic (exact) mass is 346 g/mol. The number of nitrogens with one attached hydrogen (secondary N) is 1. The molecule has 0 bridgehead atoms. The Morgan fingerprint density at radius 3 is 2.83 bits per heavy atom. The van der Waals surface area contributed by atoms with E-state index in [2.05, 4.69) is 27.9 Å². The number of aromatic nitrogens is 1. The maximum atomic E-state index is 12.8. The van der Waals surface area contributed by atoms with Gasteiger partial charge < -0.3 is 19.7 Å². The van der Waals surface area contributed by atoms with E-state index in [4.69, 9.17) is 11.6 Å². The smallest absolute Gasteiger partial charge is 0.242 e. The number of carbonyl (C=O) groups is 1. The fourth-order valence-electron chi connectivity index (χ4n) is 3.88. The Balaban J connectivity index is 1.73. The van der Waals surface area contributed by atoms with Crippen molar-refractivity contribution < 1.29 is 4.79 Å². The molecule has 0 saturated carbocycles. The molecule has 0 atom stereocenters. The largest absolute Gasteiger partial charge is 0.339 e. The third-order valence-corrected chi connectivity index (χ3v) is 5.41. The molecule has 128 valence electrons. The molecular formula is C18H23ClN4O. The lowest BCUT2D eigenvalue weighted by molar-refractivity contribution is -0.132. The Morgan fingerprint density at radius 1 is 1.25 bits per heavy atom. The van der Waals surface area contributed by atoms with E-state index < -0.39 is 0 Å². The molecule has 2 aromatic rings. The number of amides is 1. The zero-order valence-electron chi connectivity index (χ0n) is 14.0. The van der Waals surface area contributed by atoms with E-state index in [1.54, 1.807) is 0 Å². The highest BCUT2D eigenvalue weighted by Crippen LogP contribution is 2.32. The highest BCUT2D eigenvalue weighted by atomic mass is 35.5. The lowest BCUT2D eigenvalue weighted by Crippen LogP contribution is -2.47. The van der Waals surface area contributed by atoms with Gasteiger partial charge in [0.1, 0.15) is 6.54 Å². The molecule has 6 heteroatoms. The standard InChI is InChI=1S/C18H23ClN4O/c1-21-7-4-14-15-10-13(19)2-3-16(15)23(17(14)11-21)12-18(24)22-8-5-20-6-9-22/h2-3,10,20H,4-9,11-12H2,1H3. The number of nitrogens with zero attached hydrogens (tertiary/aromatic N) is 3. The van der Waals surface area contributed by atoms with Crippen LogP contribution in [0.1, 0.15) is 11.3 Å². The second-order valence-corrected chi connectivity index (χ2v) is 7.23. The van der Waals surface area contributed by atoms with Crippen LogP contribution in [0.3, 0.4) is 0 Å². The molecule has 1 aromatic carbocycles. The maximum Gasteiger partial charge on any atom is 0.242 e. The summed E-state index contributed by atoms with van der Waals surface area (Å²) in [5, 5.41) is 5.26. The van der Waals surface area contributed by atoms with E-state index in [1.165, 1.54) is 16.6 Å². The summed E-state index contributed by atoms with van der Waals surface area (Å²) in [5.74, 6) is 0.208. The van der Waals surface area contributed by atoms with E-state index in [1.807, 2.05) is 17.0 Å². The van der Waals surface area contributed by atoms with Crippen molar-refractivity contribution in [2.24, 2.45) is 0 Å². The lowest BCUT2D eigenvalue weighted by atomic mass is 10.0. The van der Waals surface area contributed by atoms with Gasteiger partial charge in [0.25, 0.3) is 0 Å². The Bertz CT molecular complexity index is 779. The molecule has 5 nitrogen and oxygen atoms in total. The van der Waals surface area contributed by atoms with Crippen molar-refractivity contribution in [3.8, 4) is 0 Å². The van der Waals surface area contributed by atoms with Crippen molar-refractivity contribution >= 4 is 28.4 Å². The Hall–Kier alpha value is -1.56. The second-order valence-electron chi connectivity index (χ2n) is 6.79. The number of rotatable bonds is 2. The van der Waals surface area contributed by atoms with Gasteiger partial charge in [0.15, 0.2) is 0 Å². The normalized spacial score (nSPS) is 18.8. The van der Waals surface area contributed by atoms with Crippen LogP contribution in [0.2, 0.25) is 5.02 Å². The Labute approximate surface area is 147 Å². The van der Waals surface area contributed by atoms with Gasteiger partial charge in [0.2, 0.25) is 5.91 Å². The topological polar surface area (TPSA) is 40.5 Å². The predicted molar refractivity (Wildman–Crippen MR) is 96.4 cm³/mol. The van der Waals surface area contributed by atoms with Crippen LogP contribution in [0, 0.1) is 0 Å². The molecule has 2 aliphatic heterocycles. The van der Waals surface area contributed by atoms with Gasteiger partial charge in [-0.2, -0.15) is 0 Å². The minimum absolute atomic E-state index is 0.208. The molecule has 4 rings (SSSR count). The summed E-state index contributed by atoms with van der Waals surface area (Å²) in [6.45, 7) is 5.71. The fourth-order valence-corrected chi connectivity index (χ4v) is 4.05. The highest BCUT2D eigenvalue weighted by molar-refractivity contribution is 6.31. The molecule has 3 heterocycles. The van der Waals surface area contributed by atoms with Gasteiger partial charge in [-0.1, -0.05) is 11.6 Å². The van der Waals surface area contributed by atoms with E-state index >= 15 is 0 Å². The first-order valence-corrected chi connectivity index (χ1v) is 8.98. The zero-order chi connectivity index (χ0) is 16.7. The number of halogens is 1. The minimum Gasteiger partial charge on any atom is -0.339 e. The zero-order valence-corrected chi connectivity index (χ0v) is 14.8. The van der Waals surface area contributed by atoms with E-state index in [0.29, 0.717) is 6.54 Å². The van der Waals surface area contributed by atoms with Gasteiger partial charge in [-0.15, -0.1) is 0 Å². The number of hydrogen-bond acceptors (Lipinski definition) is 3. The summed E-state index contributed by atoms with van der Waals surface area (Å²) in [4.78, 5) is 17.1. The van der Waals surface area contributed by atoms with Crippen LogP contribution in [-0.2, 0) is 24.3 Å². The summed E-state index contributed by atoms with van der Waals surface area (Å²) in [7, 11) is 2.13. The van der Waals surface area contributed by atoms with Crippen molar-refractivity contribution in [3.05, 3.63) is 34.5 Å². The number of carbonyl (C=O) groups excluding carboxylic acids is 1. The molecule has 1 N–H and O–H groups in total. The quantitative estimate of drug-likeness (QED) is 0.900. The molecule has 0 aliphatic carbocycles. The third kappa shape index (κ3) is 2.81. The van der Waals surface area contributed by atoms with Gasteiger partial charge in [0.05, 0.1) is 0 Å². The van der Waals surface area contributed by atoms with Crippen molar-refractivity contribution in [3.63, 3.8) is 0 Å². The van der Waals surface area contributed by atoms with Crippen molar-refractivity contribution in [1.29, 1.82) is 0 Å². The van der Waals surface area contributed by atoms with Crippen molar-refractivity contribution in [1.82, 2.24) is 19.7 Å². The molecule has 2 aliphatic rings. The van der Waals surface area contributed by atoms with Crippen LogP contribution in [0.15, 0.2) is 18.2 Å². The van der Waals surface area contributed by atoms with Gasteiger partial charge in [-0.25, -0.2) is 0 Å². The number of hydrogen-bond donors (Lipinski definition) is 1. The van der Waals surface area contributed by atoms with Gasteiger partial charge in [0, 0.05) is 60.9 Å². The molecular weight excluding hydrogens is 324 g/mol. The molecule has 1 aromatic heterocycles. The van der Waals surface area contributed by atoms with Gasteiger partial charge in [-0.3, -0.25) is 4.79 Å².